The maximum atomic E-state index is 11.8. The highest BCUT2D eigenvalue weighted by molar-refractivity contribution is 14.1. The standard InChI is InChI=1S/C23H37IN4O2/c1-16(29)26-12-11-21-20(15-26)22(24)25-28(21)17-5-7-18(8-6-17)30-19-9-13-27(14-10-19)23(2,3)4/h17-19H,5-15H2,1-4H3. The molecule has 1 aliphatic carbocycles. The first kappa shape index (κ1) is 22.5. The number of carbonyl (C=O) groups is 1. The smallest absolute Gasteiger partial charge is 0.219 e. The number of nitrogens with zero attached hydrogens (tertiary/aromatic N) is 4. The quantitative estimate of drug-likeness (QED) is 0.554. The molecule has 2 fully saturated rings. The zero-order valence-electron chi connectivity index (χ0n) is 19.0. The van der Waals surface area contributed by atoms with Crippen LogP contribution in [0.2, 0.25) is 0 Å². The number of halogens is 1. The Morgan fingerprint density at radius 1 is 1.03 bits per heavy atom. The molecule has 1 aromatic rings. The Kier molecular flexibility index (Phi) is 6.80. The number of carbonyl (C=O) groups excluding carboxylic acids is 1. The third-order valence-corrected chi connectivity index (χ3v) is 8.11. The van der Waals surface area contributed by atoms with Crippen molar-refractivity contribution in [3.63, 3.8) is 0 Å². The fraction of sp³-hybridized carbons (Fsp3) is 0.826. The number of rotatable bonds is 3. The normalized spacial score (nSPS) is 26.6. The number of hydrogen-bond donors (Lipinski definition) is 0. The van der Waals surface area contributed by atoms with Crippen molar-refractivity contribution >= 4 is 28.5 Å². The van der Waals surface area contributed by atoms with E-state index in [1.807, 2.05) is 4.90 Å². The second-order valence-electron chi connectivity index (χ2n) is 10.3. The van der Waals surface area contributed by atoms with E-state index >= 15 is 0 Å². The van der Waals surface area contributed by atoms with Crippen LogP contribution in [-0.4, -0.2) is 62.9 Å². The highest BCUT2D eigenvalue weighted by atomic mass is 127. The van der Waals surface area contributed by atoms with Crippen LogP contribution in [0.1, 0.15) is 83.5 Å². The molecule has 0 spiro atoms. The maximum Gasteiger partial charge on any atom is 0.219 e. The number of amides is 1. The molecule has 3 aliphatic rings. The Hall–Kier alpha value is -0.670. The summed E-state index contributed by atoms with van der Waals surface area (Å²) in [7, 11) is 0. The van der Waals surface area contributed by atoms with Crippen LogP contribution in [0.3, 0.4) is 0 Å². The van der Waals surface area contributed by atoms with Crippen molar-refractivity contribution in [3.8, 4) is 0 Å². The van der Waals surface area contributed by atoms with Crippen molar-refractivity contribution in [2.24, 2.45) is 0 Å². The monoisotopic (exact) mass is 528 g/mol. The summed E-state index contributed by atoms with van der Waals surface area (Å²) < 4.78 is 9.90. The molecule has 4 rings (SSSR count). The third-order valence-electron chi connectivity index (χ3n) is 7.25. The first-order valence-electron chi connectivity index (χ1n) is 11.6. The van der Waals surface area contributed by atoms with E-state index in [-0.39, 0.29) is 11.4 Å². The number of piperidine rings is 1. The molecular weight excluding hydrogens is 491 g/mol. The summed E-state index contributed by atoms with van der Waals surface area (Å²) in [4.78, 5) is 16.3. The summed E-state index contributed by atoms with van der Waals surface area (Å²) in [5.74, 6) is 0.162. The van der Waals surface area contributed by atoms with Gasteiger partial charge in [-0.25, -0.2) is 0 Å². The van der Waals surface area contributed by atoms with E-state index in [2.05, 4.69) is 52.9 Å². The predicted molar refractivity (Wildman–Crippen MR) is 126 cm³/mol. The van der Waals surface area contributed by atoms with Crippen LogP contribution in [0.5, 0.6) is 0 Å². The zero-order chi connectivity index (χ0) is 21.5. The number of ether oxygens (including phenoxy) is 1. The first-order valence-corrected chi connectivity index (χ1v) is 12.7. The average Bonchev–Trinajstić information content (AvgIpc) is 3.04. The van der Waals surface area contributed by atoms with Crippen LogP contribution in [0.25, 0.3) is 0 Å². The van der Waals surface area contributed by atoms with E-state index < -0.39 is 0 Å². The Labute approximate surface area is 194 Å². The lowest BCUT2D eigenvalue weighted by molar-refractivity contribution is -0.129. The van der Waals surface area contributed by atoms with Crippen LogP contribution in [0.15, 0.2) is 0 Å². The van der Waals surface area contributed by atoms with Gasteiger partial charge >= 0.3 is 0 Å². The second kappa shape index (κ2) is 9.06. The van der Waals surface area contributed by atoms with Gasteiger partial charge in [0.2, 0.25) is 5.91 Å². The Bertz CT molecular complexity index is 756. The minimum atomic E-state index is 0.162. The van der Waals surface area contributed by atoms with Crippen molar-refractivity contribution in [1.29, 1.82) is 0 Å². The molecule has 0 aromatic carbocycles. The first-order chi connectivity index (χ1) is 14.2. The molecule has 3 heterocycles. The molecule has 1 saturated heterocycles. The van der Waals surface area contributed by atoms with E-state index in [1.165, 1.54) is 11.3 Å². The Morgan fingerprint density at radius 3 is 2.27 bits per heavy atom. The molecular formula is C23H37IN4O2. The third kappa shape index (κ3) is 4.88. The van der Waals surface area contributed by atoms with E-state index in [4.69, 9.17) is 9.84 Å². The molecule has 2 aliphatic heterocycles. The minimum absolute atomic E-state index is 0.162. The highest BCUT2D eigenvalue weighted by Gasteiger charge is 2.33. The number of aromatic nitrogens is 2. The second-order valence-corrected chi connectivity index (χ2v) is 11.3. The summed E-state index contributed by atoms with van der Waals surface area (Å²) >= 11 is 2.34. The van der Waals surface area contributed by atoms with Gasteiger partial charge in [0.05, 0.1) is 24.8 Å². The van der Waals surface area contributed by atoms with Gasteiger partial charge in [0, 0.05) is 49.8 Å². The number of fused-ring (bicyclic) bond motifs is 1. The summed E-state index contributed by atoms with van der Waals surface area (Å²) in [6, 6.07) is 0.480. The van der Waals surface area contributed by atoms with E-state index in [9.17, 15) is 4.79 Å². The Morgan fingerprint density at radius 2 is 1.67 bits per heavy atom. The largest absolute Gasteiger partial charge is 0.375 e. The summed E-state index contributed by atoms with van der Waals surface area (Å²) in [6.07, 6.45) is 8.64. The molecule has 0 atom stereocenters. The van der Waals surface area contributed by atoms with Crippen molar-refractivity contribution < 1.29 is 9.53 Å². The minimum Gasteiger partial charge on any atom is -0.375 e. The molecule has 0 unspecified atom stereocenters. The molecule has 6 nitrogen and oxygen atoms in total. The Balaban J connectivity index is 1.30. The molecule has 1 saturated carbocycles. The maximum absolute atomic E-state index is 11.8. The summed E-state index contributed by atoms with van der Waals surface area (Å²) in [5, 5.41) is 4.90. The van der Waals surface area contributed by atoms with Crippen molar-refractivity contribution in [2.45, 2.75) is 103 Å². The van der Waals surface area contributed by atoms with Crippen LogP contribution >= 0.6 is 22.6 Å². The molecule has 0 radical (unpaired) electrons. The van der Waals surface area contributed by atoms with Gasteiger partial charge in [0.1, 0.15) is 3.70 Å². The topological polar surface area (TPSA) is 50.6 Å². The highest BCUT2D eigenvalue weighted by Crippen LogP contribution is 2.35. The SMILES string of the molecule is CC(=O)N1CCc2c(c(I)nn2C2CCC(OC3CCN(C(C)(C)C)CC3)CC2)C1. The van der Waals surface area contributed by atoms with Gasteiger partial charge in [-0.15, -0.1) is 0 Å². The zero-order valence-corrected chi connectivity index (χ0v) is 21.2. The molecule has 0 N–H and O–H groups in total. The van der Waals surface area contributed by atoms with E-state index in [1.54, 1.807) is 6.92 Å². The lowest BCUT2D eigenvalue weighted by atomic mass is 9.92. The van der Waals surface area contributed by atoms with Gasteiger partial charge in [-0.3, -0.25) is 14.4 Å². The molecule has 1 amide bonds. The summed E-state index contributed by atoms with van der Waals surface area (Å²) in [6.45, 7) is 12.4. The van der Waals surface area contributed by atoms with Crippen molar-refractivity contribution in [1.82, 2.24) is 19.6 Å². The predicted octanol–water partition coefficient (Wildman–Crippen LogP) is 4.16. The average molecular weight is 528 g/mol. The van der Waals surface area contributed by atoms with Gasteiger partial charge in [0.25, 0.3) is 0 Å². The number of likely N-dealkylation sites (tertiary alicyclic amines) is 1. The molecule has 7 heteroatoms. The van der Waals surface area contributed by atoms with Crippen LogP contribution in [-0.2, 0) is 22.5 Å². The molecule has 1 aromatic heterocycles. The van der Waals surface area contributed by atoms with E-state index in [0.29, 0.717) is 24.8 Å². The van der Waals surface area contributed by atoms with E-state index in [0.717, 1.165) is 68.3 Å². The fourth-order valence-electron chi connectivity index (χ4n) is 5.34. The van der Waals surface area contributed by atoms with Crippen LogP contribution in [0, 0.1) is 3.70 Å². The van der Waals surface area contributed by atoms with Gasteiger partial charge in [-0.1, -0.05) is 0 Å². The van der Waals surface area contributed by atoms with Gasteiger partial charge in [-0.2, -0.15) is 5.10 Å². The lowest BCUT2D eigenvalue weighted by Crippen LogP contribution is -2.48. The lowest BCUT2D eigenvalue weighted by Gasteiger charge is -2.42. The summed E-state index contributed by atoms with van der Waals surface area (Å²) in [5.41, 5.74) is 2.89. The van der Waals surface area contributed by atoms with Crippen molar-refractivity contribution in [3.05, 3.63) is 15.0 Å². The molecule has 0 bridgehead atoms. The van der Waals surface area contributed by atoms with Gasteiger partial charge in [0.15, 0.2) is 0 Å². The van der Waals surface area contributed by atoms with Gasteiger partial charge in [-0.05, 0) is 81.9 Å². The van der Waals surface area contributed by atoms with Crippen LogP contribution < -0.4 is 0 Å². The van der Waals surface area contributed by atoms with Crippen LogP contribution in [0.4, 0.5) is 0 Å². The molecule has 30 heavy (non-hydrogen) atoms. The molecule has 168 valence electrons. The number of hydrogen-bond acceptors (Lipinski definition) is 4. The van der Waals surface area contributed by atoms with Crippen molar-refractivity contribution in [2.75, 3.05) is 19.6 Å². The fourth-order valence-corrected chi connectivity index (χ4v) is 6.05. The van der Waals surface area contributed by atoms with Gasteiger partial charge < -0.3 is 9.64 Å².